The molecule has 0 aliphatic carbocycles. The Morgan fingerprint density at radius 1 is 0.867 bits per heavy atom. The third-order valence-electron chi connectivity index (χ3n) is 2.79. The summed E-state index contributed by atoms with van der Waals surface area (Å²) in [5.74, 6) is 0.824. The lowest BCUT2D eigenvalue weighted by atomic mass is 10.1. The predicted octanol–water partition coefficient (Wildman–Crippen LogP) is 5.95. The van der Waals surface area contributed by atoms with E-state index < -0.39 is 0 Å². The van der Waals surface area contributed by atoms with Crippen LogP contribution >= 0.6 is 34.2 Å². The van der Waals surface area contributed by atoms with E-state index in [0.29, 0.717) is 0 Å². The lowest BCUT2D eigenvalue weighted by molar-refractivity contribution is 0.561. The Bertz CT molecular complexity index is 117. The Hall–Kier alpha value is 1.02. The molecule has 15 heavy (non-hydrogen) atoms. The van der Waals surface area contributed by atoms with Crippen molar-refractivity contribution in [3.63, 3.8) is 0 Å². The summed E-state index contributed by atoms with van der Waals surface area (Å²) in [6.45, 7) is 2.28. The molecule has 0 aromatic rings. The van der Waals surface area contributed by atoms with E-state index in [2.05, 4.69) is 29.5 Å². The number of rotatable bonds is 11. The second kappa shape index (κ2) is 13.1. The molecular weight excluding hydrogens is 318 g/mol. The molecule has 0 heterocycles. The van der Waals surface area contributed by atoms with Gasteiger partial charge in [0.1, 0.15) is 0 Å². The molecule has 0 rings (SSSR count). The Morgan fingerprint density at radius 3 is 1.93 bits per heavy atom. The van der Waals surface area contributed by atoms with E-state index in [4.69, 9.17) is 11.6 Å². The van der Waals surface area contributed by atoms with Gasteiger partial charge in [0.25, 0.3) is 0 Å². The summed E-state index contributed by atoms with van der Waals surface area (Å²) in [4.78, 5) is 0. The molecule has 0 fully saturated rings. The molecule has 0 aromatic carbocycles. The minimum absolute atomic E-state index is 0.806. The summed E-state index contributed by atoms with van der Waals surface area (Å²) in [7, 11) is 0. The minimum atomic E-state index is 0.806. The lowest BCUT2D eigenvalue weighted by Crippen LogP contribution is -1.97. The summed E-state index contributed by atoms with van der Waals surface area (Å²) in [5.41, 5.74) is 0. The third kappa shape index (κ3) is 13.0. The first-order valence-electron chi connectivity index (χ1n) is 6.51. The van der Waals surface area contributed by atoms with Crippen LogP contribution in [0.4, 0.5) is 0 Å². The van der Waals surface area contributed by atoms with Gasteiger partial charge in [-0.1, -0.05) is 80.9 Å². The van der Waals surface area contributed by atoms with E-state index in [1.165, 1.54) is 64.2 Å². The first kappa shape index (κ1) is 16.0. The summed E-state index contributed by atoms with van der Waals surface area (Å²) >= 11 is 8.24. The highest BCUT2D eigenvalue weighted by atomic mass is 127. The molecule has 0 spiro atoms. The second-order valence-electron chi connectivity index (χ2n) is 4.34. The van der Waals surface area contributed by atoms with Crippen LogP contribution in [-0.2, 0) is 0 Å². The standard InChI is InChI=1S/C13H26ClI/c1-2-3-4-5-6-7-8-9-10-13(15)11-12-14/h13H,2-12H2,1H3. The molecule has 1 unspecified atom stereocenters. The maximum absolute atomic E-state index is 5.70. The fourth-order valence-electron chi connectivity index (χ4n) is 1.76. The van der Waals surface area contributed by atoms with Crippen LogP contribution in [0, 0.1) is 0 Å². The average Bonchev–Trinajstić information content (AvgIpc) is 2.22. The van der Waals surface area contributed by atoms with Gasteiger partial charge in [-0.2, -0.15) is 0 Å². The fraction of sp³-hybridized carbons (Fsp3) is 1.00. The topological polar surface area (TPSA) is 0 Å². The zero-order chi connectivity index (χ0) is 11.4. The Labute approximate surface area is 115 Å². The van der Waals surface area contributed by atoms with Gasteiger partial charge < -0.3 is 0 Å². The van der Waals surface area contributed by atoms with Crippen molar-refractivity contribution in [3.05, 3.63) is 0 Å². The molecular formula is C13H26ClI. The Morgan fingerprint density at radius 2 is 1.40 bits per heavy atom. The molecule has 0 aliphatic rings. The van der Waals surface area contributed by atoms with Crippen LogP contribution in [0.15, 0.2) is 0 Å². The minimum Gasteiger partial charge on any atom is -0.127 e. The van der Waals surface area contributed by atoms with E-state index in [1.807, 2.05) is 0 Å². The first-order chi connectivity index (χ1) is 7.31. The van der Waals surface area contributed by atoms with Crippen molar-refractivity contribution in [3.8, 4) is 0 Å². The van der Waals surface area contributed by atoms with Crippen LogP contribution in [0.5, 0.6) is 0 Å². The molecule has 0 aromatic heterocycles. The van der Waals surface area contributed by atoms with Gasteiger partial charge >= 0.3 is 0 Å². The van der Waals surface area contributed by atoms with Crippen LogP contribution in [0.2, 0.25) is 0 Å². The second-order valence-corrected chi connectivity index (χ2v) is 6.48. The number of alkyl halides is 2. The average molecular weight is 345 g/mol. The summed E-state index contributed by atoms with van der Waals surface area (Å²) in [6, 6.07) is 0. The van der Waals surface area contributed by atoms with E-state index in [9.17, 15) is 0 Å². The number of hydrogen-bond acceptors (Lipinski definition) is 0. The normalized spacial score (nSPS) is 13.0. The molecule has 0 radical (unpaired) electrons. The monoisotopic (exact) mass is 344 g/mol. The maximum Gasteiger partial charge on any atom is 0.0233 e. The predicted molar refractivity (Wildman–Crippen MR) is 80.4 cm³/mol. The van der Waals surface area contributed by atoms with Crippen molar-refractivity contribution in [2.45, 2.75) is 75.1 Å². The van der Waals surface area contributed by atoms with Crippen LogP contribution in [0.25, 0.3) is 0 Å². The number of halogens is 2. The van der Waals surface area contributed by atoms with E-state index in [-0.39, 0.29) is 0 Å². The van der Waals surface area contributed by atoms with Gasteiger partial charge in [0.2, 0.25) is 0 Å². The quantitative estimate of drug-likeness (QED) is 0.247. The third-order valence-corrected chi connectivity index (χ3v) is 4.26. The molecule has 0 bridgehead atoms. The van der Waals surface area contributed by atoms with Gasteiger partial charge in [-0.15, -0.1) is 11.6 Å². The highest BCUT2D eigenvalue weighted by Gasteiger charge is 2.01. The van der Waals surface area contributed by atoms with Crippen LogP contribution < -0.4 is 0 Å². The largest absolute Gasteiger partial charge is 0.127 e. The van der Waals surface area contributed by atoms with E-state index >= 15 is 0 Å². The van der Waals surface area contributed by atoms with E-state index in [1.54, 1.807) is 0 Å². The van der Waals surface area contributed by atoms with Crippen molar-refractivity contribution in [1.29, 1.82) is 0 Å². The van der Waals surface area contributed by atoms with Crippen molar-refractivity contribution < 1.29 is 0 Å². The van der Waals surface area contributed by atoms with Crippen molar-refractivity contribution in [2.75, 3.05) is 5.88 Å². The number of hydrogen-bond donors (Lipinski definition) is 0. The fourth-order valence-corrected chi connectivity index (χ4v) is 3.15. The van der Waals surface area contributed by atoms with Crippen molar-refractivity contribution in [2.24, 2.45) is 0 Å². The number of unbranched alkanes of at least 4 members (excludes halogenated alkanes) is 7. The van der Waals surface area contributed by atoms with Crippen molar-refractivity contribution in [1.82, 2.24) is 0 Å². The van der Waals surface area contributed by atoms with Crippen LogP contribution in [0.1, 0.15) is 71.1 Å². The molecule has 92 valence electrons. The van der Waals surface area contributed by atoms with Crippen molar-refractivity contribution >= 4 is 34.2 Å². The summed E-state index contributed by atoms with van der Waals surface area (Å²) in [6.07, 6.45) is 13.9. The zero-order valence-corrected chi connectivity index (χ0v) is 13.0. The Kier molecular flexibility index (Phi) is 14.0. The molecule has 2 heteroatoms. The van der Waals surface area contributed by atoms with Gasteiger partial charge in [-0.25, -0.2) is 0 Å². The molecule has 0 nitrogen and oxygen atoms in total. The van der Waals surface area contributed by atoms with Gasteiger partial charge in [-0.3, -0.25) is 0 Å². The lowest BCUT2D eigenvalue weighted by Gasteiger charge is -2.07. The zero-order valence-electron chi connectivity index (χ0n) is 10.1. The summed E-state index contributed by atoms with van der Waals surface area (Å²) in [5, 5.41) is 0. The molecule has 0 saturated heterocycles. The van der Waals surface area contributed by atoms with E-state index in [0.717, 1.165) is 9.80 Å². The molecule has 0 amide bonds. The first-order valence-corrected chi connectivity index (χ1v) is 8.29. The maximum atomic E-state index is 5.70. The van der Waals surface area contributed by atoms with Gasteiger partial charge in [-0.05, 0) is 12.8 Å². The smallest absolute Gasteiger partial charge is 0.0233 e. The Balaban J connectivity index is 2.98. The highest BCUT2D eigenvalue weighted by Crippen LogP contribution is 2.17. The molecule has 1 atom stereocenters. The van der Waals surface area contributed by atoms with Gasteiger partial charge in [0, 0.05) is 9.80 Å². The van der Waals surface area contributed by atoms with Gasteiger partial charge in [0.15, 0.2) is 0 Å². The molecule has 0 aliphatic heterocycles. The van der Waals surface area contributed by atoms with Crippen LogP contribution in [-0.4, -0.2) is 9.80 Å². The SMILES string of the molecule is CCCCCCCCCCC(I)CCCl. The highest BCUT2D eigenvalue weighted by molar-refractivity contribution is 14.1. The van der Waals surface area contributed by atoms with Crippen LogP contribution in [0.3, 0.4) is 0 Å². The summed E-state index contributed by atoms with van der Waals surface area (Å²) < 4.78 is 0.806. The molecule has 0 N–H and O–H groups in total. The molecule has 0 saturated carbocycles. The van der Waals surface area contributed by atoms with Gasteiger partial charge in [0.05, 0.1) is 0 Å².